The van der Waals surface area contributed by atoms with Crippen molar-refractivity contribution < 1.29 is 0 Å². The average Bonchev–Trinajstić information content (AvgIpc) is 2.33. The minimum atomic E-state index is 0.601. The smallest absolute Gasteiger partial charge is 0.0615 e. The van der Waals surface area contributed by atoms with Crippen molar-refractivity contribution in [3.63, 3.8) is 0 Å². The van der Waals surface area contributed by atoms with E-state index in [1.807, 2.05) is 18.2 Å². The monoisotopic (exact) mass is 258 g/mol. The molecule has 0 saturated carbocycles. The predicted octanol–water partition coefficient (Wildman–Crippen LogP) is 3.53. The molecular formula is C15H15ClN2. The molecule has 92 valence electrons. The van der Waals surface area contributed by atoms with Crippen LogP contribution in [0.15, 0.2) is 48.5 Å². The highest BCUT2D eigenvalue weighted by Gasteiger charge is 2.29. The number of rotatable bonds is 2. The van der Waals surface area contributed by atoms with Gasteiger partial charge in [0.2, 0.25) is 0 Å². The van der Waals surface area contributed by atoms with E-state index in [4.69, 9.17) is 17.3 Å². The zero-order chi connectivity index (χ0) is 12.5. The Morgan fingerprint density at radius 2 is 1.78 bits per heavy atom. The van der Waals surface area contributed by atoms with Crippen LogP contribution < -0.4 is 10.6 Å². The van der Waals surface area contributed by atoms with E-state index >= 15 is 0 Å². The van der Waals surface area contributed by atoms with E-state index in [0.29, 0.717) is 5.92 Å². The van der Waals surface area contributed by atoms with Crippen molar-refractivity contribution in [3.8, 4) is 0 Å². The van der Waals surface area contributed by atoms with Crippen molar-refractivity contribution in [2.75, 3.05) is 23.7 Å². The van der Waals surface area contributed by atoms with Gasteiger partial charge in [-0.25, -0.2) is 0 Å². The van der Waals surface area contributed by atoms with Gasteiger partial charge in [0.15, 0.2) is 0 Å². The van der Waals surface area contributed by atoms with Gasteiger partial charge in [0.1, 0.15) is 0 Å². The van der Waals surface area contributed by atoms with Gasteiger partial charge < -0.3 is 10.6 Å². The lowest BCUT2D eigenvalue weighted by molar-refractivity contribution is 0.526. The Morgan fingerprint density at radius 3 is 2.50 bits per heavy atom. The molecule has 1 fully saturated rings. The van der Waals surface area contributed by atoms with Crippen LogP contribution in [-0.4, -0.2) is 13.1 Å². The van der Waals surface area contributed by atoms with Gasteiger partial charge >= 0.3 is 0 Å². The molecular weight excluding hydrogens is 244 g/mol. The van der Waals surface area contributed by atoms with E-state index in [1.165, 1.54) is 5.56 Å². The first-order chi connectivity index (χ1) is 8.74. The molecule has 0 aromatic heterocycles. The fourth-order valence-corrected chi connectivity index (χ4v) is 2.57. The summed E-state index contributed by atoms with van der Waals surface area (Å²) < 4.78 is 0. The largest absolute Gasteiger partial charge is 0.397 e. The van der Waals surface area contributed by atoms with E-state index < -0.39 is 0 Å². The van der Waals surface area contributed by atoms with E-state index in [2.05, 4.69) is 35.2 Å². The zero-order valence-corrected chi connectivity index (χ0v) is 10.8. The Hall–Kier alpha value is -1.67. The maximum absolute atomic E-state index is 6.01. The molecule has 1 heterocycles. The third kappa shape index (κ3) is 2.04. The third-order valence-corrected chi connectivity index (χ3v) is 3.72. The molecule has 2 nitrogen and oxygen atoms in total. The lowest BCUT2D eigenvalue weighted by Gasteiger charge is -2.42. The Balaban J connectivity index is 1.74. The van der Waals surface area contributed by atoms with Gasteiger partial charge in [-0.1, -0.05) is 41.9 Å². The molecule has 1 saturated heterocycles. The number of nitrogens with two attached hydrogens (primary N) is 1. The third-order valence-electron chi connectivity index (χ3n) is 3.49. The van der Waals surface area contributed by atoms with Crippen LogP contribution in [-0.2, 0) is 0 Å². The van der Waals surface area contributed by atoms with Crippen LogP contribution in [0.4, 0.5) is 11.4 Å². The van der Waals surface area contributed by atoms with Gasteiger partial charge in [0, 0.05) is 24.0 Å². The average molecular weight is 259 g/mol. The molecule has 2 N–H and O–H groups in total. The first-order valence-corrected chi connectivity index (χ1v) is 6.47. The molecule has 0 atom stereocenters. The van der Waals surface area contributed by atoms with Crippen molar-refractivity contribution in [1.29, 1.82) is 0 Å². The Labute approximate surface area is 112 Å². The summed E-state index contributed by atoms with van der Waals surface area (Å²) in [5.41, 5.74) is 9.23. The highest BCUT2D eigenvalue weighted by molar-refractivity contribution is 6.31. The fourth-order valence-electron chi connectivity index (χ4n) is 2.40. The fraction of sp³-hybridized carbons (Fsp3) is 0.200. The molecule has 2 aromatic rings. The number of nitrogen functional groups attached to an aromatic ring is 1. The normalized spacial score (nSPS) is 15.5. The summed E-state index contributed by atoms with van der Waals surface area (Å²) in [5.74, 6) is 0.601. The molecule has 0 aliphatic carbocycles. The van der Waals surface area contributed by atoms with Gasteiger partial charge in [0.05, 0.1) is 11.4 Å². The van der Waals surface area contributed by atoms with Gasteiger partial charge in [-0.05, 0) is 23.8 Å². The number of hydrogen-bond donors (Lipinski definition) is 1. The quantitative estimate of drug-likeness (QED) is 0.835. The number of anilines is 2. The lowest BCUT2D eigenvalue weighted by atomic mass is 9.91. The maximum atomic E-state index is 6.01. The predicted molar refractivity (Wildman–Crippen MR) is 77.3 cm³/mol. The molecule has 0 unspecified atom stereocenters. The minimum Gasteiger partial charge on any atom is -0.397 e. The number of nitrogens with zero attached hydrogens (tertiary/aromatic N) is 1. The molecule has 0 radical (unpaired) electrons. The van der Waals surface area contributed by atoms with E-state index in [1.54, 1.807) is 0 Å². The second-order valence-electron chi connectivity index (χ2n) is 4.72. The first-order valence-electron chi connectivity index (χ1n) is 6.09. The minimum absolute atomic E-state index is 0.601. The molecule has 3 rings (SSSR count). The lowest BCUT2D eigenvalue weighted by Crippen LogP contribution is -2.45. The molecule has 3 heteroatoms. The van der Waals surface area contributed by atoms with Crippen molar-refractivity contribution in [3.05, 3.63) is 59.1 Å². The first kappa shape index (κ1) is 11.4. The molecule has 0 amide bonds. The Morgan fingerprint density at radius 1 is 1.06 bits per heavy atom. The van der Waals surface area contributed by atoms with Gasteiger partial charge in [-0.15, -0.1) is 0 Å². The summed E-state index contributed by atoms with van der Waals surface area (Å²) in [4.78, 5) is 2.28. The second-order valence-corrected chi connectivity index (χ2v) is 5.15. The van der Waals surface area contributed by atoms with Gasteiger partial charge in [0.25, 0.3) is 0 Å². The zero-order valence-electron chi connectivity index (χ0n) is 10.0. The van der Waals surface area contributed by atoms with Crippen LogP contribution in [0.3, 0.4) is 0 Å². The number of hydrogen-bond acceptors (Lipinski definition) is 2. The van der Waals surface area contributed by atoms with Crippen LogP contribution in [0, 0.1) is 0 Å². The summed E-state index contributed by atoms with van der Waals surface area (Å²) >= 11 is 6.01. The van der Waals surface area contributed by atoms with Crippen LogP contribution in [0.25, 0.3) is 0 Å². The number of halogens is 1. The van der Waals surface area contributed by atoms with Crippen LogP contribution in [0.2, 0.25) is 5.02 Å². The summed E-state index contributed by atoms with van der Waals surface area (Å²) in [6, 6.07) is 16.2. The van der Waals surface area contributed by atoms with Crippen LogP contribution in [0.1, 0.15) is 11.5 Å². The van der Waals surface area contributed by atoms with Crippen molar-refractivity contribution >= 4 is 23.0 Å². The second kappa shape index (κ2) is 4.54. The SMILES string of the molecule is Nc1ccc(Cl)cc1N1CC(c2ccccc2)C1. The molecule has 1 aliphatic heterocycles. The van der Waals surface area contributed by atoms with E-state index in [0.717, 1.165) is 29.5 Å². The summed E-state index contributed by atoms with van der Waals surface area (Å²) in [5, 5.41) is 0.738. The molecule has 0 bridgehead atoms. The van der Waals surface area contributed by atoms with Crippen LogP contribution >= 0.6 is 11.6 Å². The van der Waals surface area contributed by atoms with E-state index in [9.17, 15) is 0 Å². The molecule has 2 aromatic carbocycles. The number of benzene rings is 2. The Kier molecular flexibility index (Phi) is 2.88. The summed E-state index contributed by atoms with van der Waals surface area (Å²) in [7, 11) is 0. The summed E-state index contributed by atoms with van der Waals surface area (Å²) in [6.07, 6.45) is 0. The van der Waals surface area contributed by atoms with E-state index in [-0.39, 0.29) is 0 Å². The van der Waals surface area contributed by atoms with Gasteiger partial charge in [-0.3, -0.25) is 0 Å². The highest BCUT2D eigenvalue weighted by Crippen LogP contribution is 2.35. The molecule has 0 spiro atoms. The van der Waals surface area contributed by atoms with Crippen molar-refractivity contribution in [2.45, 2.75) is 5.92 Å². The maximum Gasteiger partial charge on any atom is 0.0615 e. The Bertz CT molecular complexity index is 548. The van der Waals surface area contributed by atoms with Crippen molar-refractivity contribution in [1.82, 2.24) is 0 Å². The highest BCUT2D eigenvalue weighted by atomic mass is 35.5. The van der Waals surface area contributed by atoms with Crippen molar-refractivity contribution in [2.24, 2.45) is 0 Å². The van der Waals surface area contributed by atoms with Gasteiger partial charge in [-0.2, -0.15) is 0 Å². The standard InChI is InChI=1S/C15H15ClN2/c16-13-6-7-14(17)15(8-13)18-9-12(10-18)11-4-2-1-3-5-11/h1-8,12H,9-10,17H2. The molecule has 18 heavy (non-hydrogen) atoms. The molecule has 1 aliphatic rings. The summed E-state index contributed by atoms with van der Waals surface area (Å²) in [6.45, 7) is 2.02. The topological polar surface area (TPSA) is 29.3 Å². The van der Waals surface area contributed by atoms with Crippen LogP contribution in [0.5, 0.6) is 0 Å².